The van der Waals surface area contributed by atoms with E-state index in [4.69, 9.17) is 8.83 Å². The van der Waals surface area contributed by atoms with Crippen molar-refractivity contribution in [3.63, 3.8) is 0 Å². The number of hydrogen-bond acceptors (Lipinski definition) is 3. The first kappa shape index (κ1) is 27.2. The van der Waals surface area contributed by atoms with E-state index < -0.39 is 0 Å². The van der Waals surface area contributed by atoms with Crippen LogP contribution < -0.4 is 4.90 Å². The maximum absolute atomic E-state index is 6.57. The maximum atomic E-state index is 6.57. The van der Waals surface area contributed by atoms with E-state index in [-0.39, 0.29) is 0 Å². The third-order valence-corrected chi connectivity index (χ3v) is 10.1. The zero-order valence-electron chi connectivity index (χ0n) is 26.9. The summed E-state index contributed by atoms with van der Waals surface area (Å²) in [5, 5.41) is 9.11. The molecule has 0 saturated carbocycles. The first-order chi connectivity index (χ1) is 24.8. The summed E-state index contributed by atoms with van der Waals surface area (Å²) in [7, 11) is 0. The molecule has 234 valence electrons. The van der Waals surface area contributed by atoms with E-state index in [0.717, 1.165) is 77.5 Å². The zero-order valence-corrected chi connectivity index (χ0v) is 26.9. The van der Waals surface area contributed by atoms with Crippen molar-refractivity contribution in [2.45, 2.75) is 0 Å². The number of benzene rings is 8. The number of nitrogens with zero attached hydrogens (tertiary/aromatic N) is 2. The van der Waals surface area contributed by atoms with Gasteiger partial charge in [0.1, 0.15) is 22.3 Å². The molecule has 3 heterocycles. The third kappa shape index (κ3) is 3.93. The number of para-hydroxylation sites is 3. The summed E-state index contributed by atoms with van der Waals surface area (Å²) in [5.74, 6) is 0. The fourth-order valence-electron chi connectivity index (χ4n) is 7.91. The molecule has 0 amide bonds. The van der Waals surface area contributed by atoms with Gasteiger partial charge in [0, 0.05) is 44.0 Å². The van der Waals surface area contributed by atoms with Gasteiger partial charge >= 0.3 is 0 Å². The number of hydrogen-bond donors (Lipinski definition) is 0. The van der Waals surface area contributed by atoms with Crippen molar-refractivity contribution >= 4 is 93.5 Å². The van der Waals surface area contributed by atoms with Crippen LogP contribution in [0.5, 0.6) is 0 Å². The van der Waals surface area contributed by atoms with Crippen LogP contribution in [0.2, 0.25) is 0 Å². The molecule has 8 aromatic carbocycles. The molecule has 4 heteroatoms. The molecule has 0 fully saturated rings. The van der Waals surface area contributed by atoms with Gasteiger partial charge in [0.2, 0.25) is 0 Å². The molecule has 0 N–H and O–H groups in total. The molecule has 0 aliphatic rings. The van der Waals surface area contributed by atoms with Crippen molar-refractivity contribution in [1.82, 2.24) is 4.57 Å². The molecule has 11 rings (SSSR count). The minimum Gasteiger partial charge on any atom is -0.456 e. The molecular formula is C46H28N2O2. The number of rotatable bonds is 4. The molecule has 0 atom stereocenters. The molecular weight excluding hydrogens is 613 g/mol. The Morgan fingerprint density at radius 3 is 1.90 bits per heavy atom. The molecule has 50 heavy (non-hydrogen) atoms. The minimum absolute atomic E-state index is 0.856. The molecule has 0 aliphatic heterocycles. The van der Waals surface area contributed by atoms with Crippen LogP contribution in [0, 0.1) is 0 Å². The molecule has 0 aliphatic carbocycles. The Bertz CT molecular complexity index is 3110. The smallest absolute Gasteiger partial charge is 0.137 e. The summed E-state index contributed by atoms with van der Waals surface area (Å²) in [6.45, 7) is 0. The van der Waals surface area contributed by atoms with Crippen molar-refractivity contribution in [3.05, 3.63) is 170 Å². The van der Waals surface area contributed by atoms with Crippen molar-refractivity contribution in [2.75, 3.05) is 4.90 Å². The monoisotopic (exact) mass is 640 g/mol. The normalized spacial score (nSPS) is 12.0. The van der Waals surface area contributed by atoms with Gasteiger partial charge in [0.15, 0.2) is 0 Å². The lowest BCUT2D eigenvalue weighted by Crippen LogP contribution is -2.10. The van der Waals surface area contributed by atoms with Crippen molar-refractivity contribution in [2.24, 2.45) is 0 Å². The largest absolute Gasteiger partial charge is 0.456 e. The van der Waals surface area contributed by atoms with E-state index in [1.54, 1.807) is 0 Å². The highest BCUT2D eigenvalue weighted by atomic mass is 16.3. The summed E-state index contributed by atoms with van der Waals surface area (Å²) in [4.78, 5) is 2.38. The fraction of sp³-hybridized carbons (Fsp3) is 0. The topological polar surface area (TPSA) is 34.5 Å². The van der Waals surface area contributed by atoms with Gasteiger partial charge in [-0.05, 0) is 95.7 Å². The van der Waals surface area contributed by atoms with Gasteiger partial charge in [-0.1, -0.05) is 84.9 Å². The Hall–Kier alpha value is -6.78. The highest BCUT2D eigenvalue weighted by molar-refractivity contribution is 6.17. The average molecular weight is 641 g/mol. The predicted molar refractivity (Wildman–Crippen MR) is 208 cm³/mol. The van der Waals surface area contributed by atoms with Crippen LogP contribution in [0.15, 0.2) is 179 Å². The van der Waals surface area contributed by atoms with Crippen LogP contribution in [0.4, 0.5) is 17.1 Å². The molecule has 11 aromatic rings. The van der Waals surface area contributed by atoms with Crippen molar-refractivity contribution in [3.8, 4) is 5.69 Å². The van der Waals surface area contributed by atoms with Crippen LogP contribution >= 0.6 is 0 Å². The second-order valence-electron chi connectivity index (χ2n) is 13.0. The quantitative estimate of drug-likeness (QED) is 0.192. The van der Waals surface area contributed by atoms with Gasteiger partial charge in [-0.25, -0.2) is 0 Å². The van der Waals surface area contributed by atoms with Gasteiger partial charge in [0.25, 0.3) is 0 Å². The van der Waals surface area contributed by atoms with Gasteiger partial charge in [0.05, 0.1) is 22.1 Å². The zero-order chi connectivity index (χ0) is 32.8. The Morgan fingerprint density at radius 2 is 1.02 bits per heavy atom. The SMILES string of the molecule is c1ccc(-n2c3ccccc3c3cc(N(c4ccc5oc6ccccc6c5c4)c4cccc5oc6cc7ccccc7cc6c45)ccc32)cc1. The average Bonchev–Trinajstić information content (AvgIpc) is 3.83. The standard InChI is InChI=1S/C46H28N2O2/c1-2-13-31(14-3-1)48-39-17-8-6-15-34(39)36-27-32(21-23-40(36)48)47(33-22-24-43-37(28-33)35-16-7-9-19-42(35)49-43)41-18-10-20-44-46(41)38-25-29-11-4-5-12-30(29)26-45(38)50-44/h1-28H. The third-order valence-electron chi connectivity index (χ3n) is 10.1. The van der Waals surface area contributed by atoms with Crippen LogP contribution in [0.25, 0.3) is 82.1 Å². The lowest BCUT2D eigenvalue weighted by atomic mass is 10.0. The van der Waals surface area contributed by atoms with E-state index in [1.807, 2.05) is 12.1 Å². The van der Waals surface area contributed by atoms with E-state index in [1.165, 1.54) is 21.7 Å². The Labute approximate surface area is 286 Å². The number of anilines is 3. The summed E-state index contributed by atoms with van der Waals surface area (Å²) in [6.07, 6.45) is 0. The highest BCUT2D eigenvalue weighted by Crippen LogP contribution is 2.46. The molecule has 0 spiro atoms. The van der Waals surface area contributed by atoms with Gasteiger partial charge in [-0.2, -0.15) is 0 Å². The van der Waals surface area contributed by atoms with Crippen LogP contribution in [0.3, 0.4) is 0 Å². The van der Waals surface area contributed by atoms with E-state index in [0.29, 0.717) is 0 Å². The summed E-state index contributed by atoms with van der Waals surface area (Å²) >= 11 is 0. The minimum atomic E-state index is 0.856. The Balaban J connectivity index is 1.22. The maximum Gasteiger partial charge on any atom is 0.137 e. The summed E-state index contributed by atoms with van der Waals surface area (Å²) in [6, 6.07) is 60.2. The van der Waals surface area contributed by atoms with Crippen LogP contribution in [-0.4, -0.2) is 4.57 Å². The lowest BCUT2D eigenvalue weighted by Gasteiger charge is -2.26. The Kier molecular flexibility index (Phi) is 5.63. The number of fused-ring (bicyclic) bond motifs is 10. The summed E-state index contributed by atoms with van der Waals surface area (Å²) in [5.41, 5.74) is 10.1. The molecule has 0 radical (unpaired) electrons. The first-order valence-corrected chi connectivity index (χ1v) is 16.9. The van der Waals surface area contributed by atoms with Crippen molar-refractivity contribution in [1.29, 1.82) is 0 Å². The highest BCUT2D eigenvalue weighted by Gasteiger charge is 2.22. The second-order valence-corrected chi connectivity index (χ2v) is 13.0. The Morgan fingerprint density at radius 1 is 0.380 bits per heavy atom. The molecule has 0 unspecified atom stereocenters. The van der Waals surface area contributed by atoms with Crippen molar-refractivity contribution < 1.29 is 8.83 Å². The van der Waals surface area contributed by atoms with Gasteiger partial charge < -0.3 is 18.3 Å². The van der Waals surface area contributed by atoms with Crippen LogP contribution in [-0.2, 0) is 0 Å². The number of furan rings is 2. The van der Waals surface area contributed by atoms with E-state index in [9.17, 15) is 0 Å². The van der Waals surface area contributed by atoms with E-state index >= 15 is 0 Å². The van der Waals surface area contributed by atoms with Crippen LogP contribution in [0.1, 0.15) is 0 Å². The lowest BCUT2D eigenvalue weighted by molar-refractivity contribution is 0.668. The first-order valence-electron chi connectivity index (χ1n) is 16.9. The fourth-order valence-corrected chi connectivity index (χ4v) is 7.91. The molecule has 0 bridgehead atoms. The number of aromatic nitrogens is 1. The second kappa shape index (κ2) is 10.4. The van der Waals surface area contributed by atoms with E-state index in [2.05, 4.69) is 167 Å². The van der Waals surface area contributed by atoms with Gasteiger partial charge in [-0.3, -0.25) is 0 Å². The summed E-state index contributed by atoms with van der Waals surface area (Å²) < 4.78 is 15.2. The predicted octanol–water partition coefficient (Wildman–Crippen LogP) is 13.2. The molecule has 4 nitrogen and oxygen atoms in total. The molecule has 0 saturated heterocycles. The van der Waals surface area contributed by atoms with Gasteiger partial charge in [-0.15, -0.1) is 0 Å². The molecule has 3 aromatic heterocycles.